The van der Waals surface area contributed by atoms with Gasteiger partial charge in [0.15, 0.2) is 11.6 Å². The molecule has 0 bridgehead atoms. The minimum Gasteiger partial charge on any atom is -0.380 e. The fourth-order valence-electron chi connectivity index (χ4n) is 3.59. The number of hydrogen-bond donors (Lipinski definition) is 3. The number of halogens is 1. The van der Waals surface area contributed by atoms with Crippen LogP contribution in [0.4, 0.5) is 5.82 Å². The van der Waals surface area contributed by atoms with E-state index in [-0.39, 0.29) is 16.6 Å². The van der Waals surface area contributed by atoms with Crippen molar-refractivity contribution >= 4 is 23.3 Å². The summed E-state index contributed by atoms with van der Waals surface area (Å²) in [5, 5.41) is 19.2. The van der Waals surface area contributed by atoms with E-state index in [1.807, 2.05) is 25.1 Å². The second kappa shape index (κ2) is 10.1. The van der Waals surface area contributed by atoms with Gasteiger partial charge in [0.25, 0.3) is 5.91 Å². The molecule has 0 radical (unpaired) electrons. The molecule has 32 heavy (non-hydrogen) atoms. The Bertz CT molecular complexity index is 1030. The Morgan fingerprint density at radius 2 is 2.09 bits per heavy atom. The van der Waals surface area contributed by atoms with Crippen LogP contribution >= 0.6 is 11.6 Å². The van der Waals surface area contributed by atoms with Gasteiger partial charge in [0, 0.05) is 19.7 Å². The highest BCUT2D eigenvalue weighted by molar-refractivity contribution is 6.28. The third-order valence-electron chi connectivity index (χ3n) is 5.42. The third kappa shape index (κ3) is 5.08. The molecule has 0 spiro atoms. The SMILES string of the molecule is CCOCCNc1nc(Cl)[nH]c1C(=O)NCCCn1nnc(C2(c3ccccc3)CC2)n1. The molecule has 0 saturated heterocycles. The smallest absolute Gasteiger partial charge is 0.271 e. The van der Waals surface area contributed by atoms with Crippen LogP contribution in [0.2, 0.25) is 5.28 Å². The number of nitrogens with zero attached hydrogens (tertiary/aromatic N) is 5. The molecule has 2 heterocycles. The number of hydrogen-bond acceptors (Lipinski definition) is 7. The first-order valence-corrected chi connectivity index (χ1v) is 11.2. The first kappa shape index (κ1) is 22.2. The predicted octanol–water partition coefficient (Wildman–Crippen LogP) is 2.40. The Morgan fingerprint density at radius 3 is 2.84 bits per heavy atom. The number of ether oxygens (including phenoxy) is 1. The van der Waals surface area contributed by atoms with E-state index in [1.165, 1.54) is 5.56 Å². The average molecular weight is 459 g/mol. The highest BCUT2D eigenvalue weighted by Crippen LogP contribution is 2.51. The molecule has 1 saturated carbocycles. The van der Waals surface area contributed by atoms with Gasteiger partial charge in [-0.15, -0.1) is 10.2 Å². The maximum atomic E-state index is 12.5. The second-order valence-corrected chi connectivity index (χ2v) is 8.00. The molecule has 1 amide bonds. The lowest BCUT2D eigenvalue weighted by atomic mass is 9.95. The Morgan fingerprint density at radius 1 is 1.28 bits per heavy atom. The van der Waals surface area contributed by atoms with Crippen LogP contribution in [0.5, 0.6) is 0 Å². The van der Waals surface area contributed by atoms with Crippen molar-refractivity contribution in [3.63, 3.8) is 0 Å². The standard InChI is InChI=1S/C21H27ClN8O2/c1-2-32-14-12-23-17-16(25-20(22)26-17)18(31)24-11-6-13-30-28-19(27-29-30)21(9-10-21)15-7-4-3-5-8-15/h3-5,7-8,23H,2,6,9-14H2,1H3,(H,24,31)(H,25,26). The highest BCUT2D eigenvalue weighted by Gasteiger charge is 2.49. The largest absolute Gasteiger partial charge is 0.380 e. The van der Waals surface area contributed by atoms with E-state index in [0.717, 1.165) is 18.7 Å². The van der Waals surface area contributed by atoms with Crippen LogP contribution in [0.15, 0.2) is 30.3 Å². The maximum Gasteiger partial charge on any atom is 0.271 e. The quantitative estimate of drug-likeness (QED) is 0.356. The minimum atomic E-state index is -0.281. The summed E-state index contributed by atoms with van der Waals surface area (Å²) in [6.07, 6.45) is 2.73. The van der Waals surface area contributed by atoms with Crippen molar-refractivity contribution in [1.82, 2.24) is 35.5 Å². The van der Waals surface area contributed by atoms with Crippen LogP contribution < -0.4 is 10.6 Å². The van der Waals surface area contributed by atoms with Gasteiger partial charge in [0.1, 0.15) is 5.69 Å². The number of anilines is 1. The molecular weight excluding hydrogens is 432 g/mol. The zero-order valence-electron chi connectivity index (χ0n) is 18.0. The Balaban J connectivity index is 1.26. The third-order valence-corrected chi connectivity index (χ3v) is 5.60. The van der Waals surface area contributed by atoms with Crippen LogP contribution in [0, 0.1) is 0 Å². The normalized spacial score (nSPS) is 14.3. The molecular formula is C21H27ClN8O2. The number of carbonyl (C=O) groups excluding carboxylic acids is 1. The molecule has 0 aliphatic heterocycles. The van der Waals surface area contributed by atoms with Gasteiger partial charge in [-0.25, -0.2) is 4.98 Å². The zero-order chi connectivity index (χ0) is 22.4. The molecule has 1 aliphatic rings. The van der Waals surface area contributed by atoms with E-state index < -0.39 is 0 Å². The molecule has 4 rings (SSSR count). The monoisotopic (exact) mass is 458 g/mol. The lowest BCUT2D eigenvalue weighted by Crippen LogP contribution is -2.27. The molecule has 3 N–H and O–H groups in total. The number of aromatic nitrogens is 6. The van der Waals surface area contributed by atoms with Crippen molar-refractivity contribution in [3.8, 4) is 0 Å². The van der Waals surface area contributed by atoms with Gasteiger partial charge < -0.3 is 20.4 Å². The first-order valence-electron chi connectivity index (χ1n) is 10.8. The lowest BCUT2D eigenvalue weighted by Gasteiger charge is -2.10. The van der Waals surface area contributed by atoms with E-state index in [1.54, 1.807) is 4.80 Å². The van der Waals surface area contributed by atoms with Crippen LogP contribution in [0.25, 0.3) is 0 Å². The number of benzene rings is 1. The second-order valence-electron chi connectivity index (χ2n) is 7.64. The summed E-state index contributed by atoms with van der Waals surface area (Å²) in [5.74, 6) is 0.893. The van der Waals surface area contributed by atoms with E-state index >= 15 is 0 Å². The predicted molar refractivity (Wildman–Crippen MR) is 120 cm³/mol. The van der Waals surface area contributed by atoms with Crippen molar-refractivity contribution in [2.75, 3.05) is 31.6 Å². The van der Waals surface area contributed by atoms with Crippen LogP contribution in [-0.2, 0) is 16.7 Å². The minimum absolute atomic E-state index is 0.0980. The van der Waals surface area contributed by atoms with E-state index in [4.69, 9.17) is 16.3 Å². The molecule has 1 fully saturated rings. The number of carbonyl (C=O) groups is 1. The van der Waals surface area contributed by atoms with Gasteiger partial charge in [0.05, 0.1) is 18.6 Å². The van der Waals surface area contributed by atoms with E-state index in [2.05, 4.69) is 48.1 Å². The van der Waals surface area contributed by atoms with Gasteiger partial charge in [-0.05, 0) is 48.6 Å². The topological polar surface area (TPSA) is 123 Å². The molecule has 10 nitrogen and oxygen atoms in total. The Kier molecular flexibility index (Phi) is 7.01. The van der Waals surface area contributed by atoms with E-state index in [9.17, 15) is 4.79 Å². The fraction of sp³-hybridized carbons (Fsp3) is 0.476. The molecule has 1 aromatic carbocycles. The first-order chi connectivity index (χ1) is 15.6. The number of H-pyrrole nitrogens is 1. The summed E-state index contributed by atoms with van der Waals surface area (Å²) >= 11 is 5.93. The summed E-state index contributed by atoms with van der Waals surface area (Å²) in [7, 11) is 0. The van der Waals surface area contributed by atoms with Crippen molar-refractivity contribution in [2.24, 2.45) is 0 Å². The number of rotatable bonds is 12. The number of aryl methyl sites for hydroxylation is 1. The van der Waals surface area contributed by atoms with Gasteiger partial charge in [-0.1, -0.05) is 30.3 Å². The molecule has 170 valence electrons. The molecule has 2 aromatic heterocycles. The van der Waals surface area contributed by atoms with Gasteiger partial charge >= 0.3 is 0 Å². The lowest BCUT2D eigenvalue weighted by molar-refractivity contribution is 0.0948. The van der Waals surface area contributed by atoms with Gasteiger partial charge in [0.2, 0.25) is 5.28 Å². The van der Waals surface area contributed by atoms with Crippen LogP contribution in [0.1, 0.15) is 48.1 Å². The van der Waals surface area contributed by atoms with Crippen molar-refractivity contribution in [2.45, 2.75) is 38.1 Å². The summed E-state index contributed by atoms with van der Waals surface area (Å²) in [5.41, 5.74) is 1.43. The zero-order valence-corrected chi connectivity index (χ0v) is 18.7. The summed E-state index contributed by atoms with van der Waals surface area (Å²) in [6.45, 7) is 4.61. The van der Waals surface area contributed by atoms with Gasteiger partial charge in [-0.3, -0.25) is 4.79 Å². The van der Waals surface area contributed by atoms with Crippen molar-refractivity contribution in [1.29, 1.82) is 0 Å². The average Bonchev–Trinajstić information content (AvgIpc) is 3.33. The summed E-state index contributed by atoms with van der Waals surface area (Å²) in [6, 6.07) is 10.3. The number of aromatic amines is 1. The fourth-order valence-corrected chi connectivity index (χ4v) is 3.77. The van der Waals surface area contributed by atoms with Gasteiger partial charge in [-0.2, -0.15) is 4.80 Å². The Labute approximate surface area is 191 Å². The number of nitrogens with one attached hydrogen (secondary N) is 3. The van der Waals surface area contributed by atoms with E-state index in [0.29, 0.717) is 50.8 Å². The molecule has 0 unspecified atom stereocenters. The Hall–Kier alpha value is -2.98. The summed E-state index contributed by atoms with van der Waals surface area (Å²) in [4.78, 5) is 21.0. The molecule has 3 aromatic rings. The number of amides is 1. The molecule has 11 heteroatoms. The van der Waals surface area contributed by atoms with Crippen molar-refractivity contribution < 1.29 is 9.53 Å². The maximum absolute atomic E-state index is 12.5. The van der Waals surface area contributed by atoms with Crippen LogP contribution in [-0.4, -0.2) is 62.4 Å². The highest BCUT2D eigenvalue weighted by atomic mass is 35.5. The number of imidazole rings is 1. The summed E-state index contributed by atoms with van der Waals surface area (Å²) < 4.78 is 5.28. The van der Waals surface area contributed by atoms with Crippen LogP contribution in [0.3, 0.4) is 0 Å². The van der Waals surface area contributed by atoms with Crippen molar-refractivity contribution in [3.05, 3.63) is 52.7 Å². The molecule has 1 aliphatic carbocycles. The molecule has 0 atom stereocenters. The number of tetrazole rings is 1.